The molecule has 1 rings (SSSR count). The zero-order valence-electron chi connectivity index (χ0n) is 14.9. The first-order chi connectivity index (χ1) is 9.71. The van der Waals surface area contributed by atoms with Crippen molar-refractivity contribution in [3.05, 3.63) is 0 Å². The predicted octanol–water partition coefficient (Wildman–Crippen LogP) is 3.02. The zero-order valence-corrected chi connectivity index (χ0v) is 14.9. The van der Waals surface area contributed by atoms with Gasteiger partial charge in [-0.15, -0.1) is 0 Å². The van der Waals surface area contributed by atoms with Gasteiger partial charge >= 0.3 is 0 Å². The Morgan fingerprint density at radius 2 is 1.90 bits per heavy atom. The first-order valence-electron chi connectivity index (χ1n) is 8.42. The Kier molecular flexibility index (Phi) is 6.67. The lowest BCUT2D eigenvalue weighted by atomic mass is 9.99. The fourth-order valence-electron chi connectivity index (χ4n) is 3.02. The van der Waals surface area contributed by atoms with Crippen molar-refractivity contribution >= 4 is 5.91 Å². The number of hydrogen-bond donors (Lipinski definition) is 1. The molecule has 0 bridgehead atoms. The second-order valence-corrected chi connectivity index (χ2v) is 7.33. The molecule has 0 aromatic carbocycles. The van der Waals surface area contributed by atoms with Crippen LogP contribution in [0.25, 0.3) is 0 Å². The van der Waals surface area contributed by atoms with Crippen LogP contribution >= 0.6 is 0 Å². The van der Waals surface area contributed by atoms with Gasteiger partial charge in [-0.1, -0.05) is 34.1 Å². The van der Waals surface area contributed by atoms with E-state index in [4.69, 9.17) is 4.74 Å². The number of hydrogen-bond acceptors (Lipinski definition) is 3. The molecule has 1 fully saturated rings. The Morgan fingerprint density at radius 1 is 1.29 bits per heavy atom. The quantitative estimate of drug-likeness (QED) is 0.749. The summed E-state index contributed by atoms with van der Waals surface area (Å²) in [6, 6.07) is -0.0452. The molecule has 1 heterocycles. The van der Waals surface area contributed by atoms with Crippen molar-refractivity contribution in [1.82, 2.24) is 10.2 Å². The Balaban J connectivity index is 2.86. The van der Waals surface area contributed by atoms with E-state index in [9.17, 15) is 4.79 Å². The Labute approximate surface area is 130 Å². The van der Waals surface area contributed by atoms with E-state index in [-0.39, 0.29) is 23.7 Å². The molecule has 3 unspecified atom stereocenters. The van der Waals surface area contributed by atoms with Crippen molar-refractivity contribution in [1.29, 1.82) is 0 Å². The normalized spacial score (nSPS) is 25.0. The van der Waals surface area contributed by atoms with Crippen LogP contribution in [0, 0.1) is 11.8 Å². The summed E-state index contributed by atoms with van der Waals surface area (Å²) in [6.45, 7) is 16.1. The molecule has 0 aromatic heterocycles. The summed E-state index contributed by atoms with van der Waals surface area (Å²) in [7, 11) is 0. The molecule has 1 saturated heterocycles. The van der Waals surface area contributed by atoms with Crippen molar-refractivity contribution in [3.8, 4) is 0 Å². The minimum absolute atomic E-state index is 0.0452. The smallest absolute Gasteiger partial charge is 0.241 e. The molecule has 124 valence electrons. The van der Waals surface area contributed by atoms with Crippen LogP contribution < -0.4 is 5.32 Å². The number of nitrogens with one attached hydrogen (secondary N) is 1. The molecule has 0 aromatic rings. The summed E-state index contributed by atoms with van der Waals surface area (Å²) >= 11 is 0. The highest BCUT2D eigenvalue weighted by Crippen LogP contribution is 2.25. The third-order valence-electron chi connectivity index (χ3n) is 4.29. The maximum absolute atomic E-state index is 12.8. The number of ether oxygens (including phenoxy) is 1. The van der Waals surface area contributed by atoms with Crippen LogP contribution in [0.15, 0.2) is 0 Å². The molecule has 1 aliphatic rings. The van der Waals surface area contributed by atoms with Gasteiger partial charge in [0, 0.05) is 6.61 Å². The lowest BCUT2D eigenvalue weighted by molar-refractivity contribution is -0.135. The van der Waals surface area contributed by atoms with Crippen LogP contribution in [0.5, 0.6) is 0 Å². The van der Waals surface area contributed by atoms with Crippen molar-refractivity contribution in [2.45, 2.75) is 79.1 Å². The zero-order chi connectivity index (χ0) is 16.2. The molecule has 4 heteroatoms. The molecule has 4 nitrogen and oxygen atoms in total. The monoisotopic (exact) mass is 298 g/mol. The Hall–Kier alpha value is -0.610. The Morgan fingerprint density at radius 3 is 2.38 bits per heavy atom. The molecule has 1 aliphatic heterocycles. The Bertz CT molecular complexity index is 342. The average molecular weight is 298 g/mol. The van der Waals surface area contributed by atoms with Crippen molar-refractivity contribution < 1.29 is 9.53 Å². The molecule has 0 spiro atoms. The van der Waals surface area contributed by atoms with Gasteiger partial charge in [0.05, 0.1) is 24.4 Å². The van der Waals surface area contributed by atoms with E-state index in [0.29, 0.717) is 25.0 Å². The van der Waals surface area contributed by atoms with E-state index in [1.54, 1.807) is 0 Å². The molecule has 3 atom stereocenters. The predicted molar refractivity (Wildman–Crippen MR) is 87.0 cm³/mol. The first-order valence-corrected chi connectivity index (χ1v) is 8.42. The van der Waals surface area contributed by atoms with Gasteiger partial charge in [0.2, 0.25) is 5.91 Å². The van der Waals surface area contributed by atoms with E-state index in [2.05, 4.69) is 46.9 Å². The molecule has 21 heavy (non-hydrogen) atoms. The van der Waals surface area contributed by atoms with E-state index in [1.807, 2.05) is 11.8 Å². The highest BCUT2D eigenvalue weighted by atomic mass is 16.5. The summed E-state index contributed by atoms with van der Waals surface area (Å²) in [4.78, 5) is 14.8. The molecular weight excluding hydrogens is 264 g/mol. The lowest BCUT2D eigenvalue weighted by Gasteiger charge is -2.34. The standard InChI is InChI=1S/C17H34N2O2/c1-8-13(5)15-16(20)19(11-17(6,7)21-9-2)14(18-15)10-12(3)4/h12-15,18H,8-11H2,1-7H3. The van der Waals surface area contributed by atoms with Crippen LogP contribution in [0.4, 0.5) is 0 Å². The summed E-state index contributed by atoms with van der Waals surface area (Å²) in [5.74, 6) is 1.17. The number of rotatable bonds is 8. The number of amides is 1. The highest BCUT2D eigenvalue weighted by Gasteiger charge is 2.43. The van der Waals surface area contributed by atoms with Gasteiger partial charge < -0.3 is 9.64 Å². The van der Waals surface area contributed by atoms with Crippen LogP contribution in [0.1, 0.15) is 61.3 Å². The lowest BCUT2D eigenvalue weighted by Crippen LogP contribution is -2.47. The summed E-state index contributed by atoms with van der Waals surface area (Å²) in [5, 5.41) is 3.56. The van der Waals surface area contributed by atoms with Crippen LogP contribution in [-0.4, -0.2) is 41.8 Å². The fraction of sp³-hybridized carbons (Fsp3) is 0.941. The van der Waals surface area contributed by atoms with Gasteiger partial charge in [-0.25, -0.2) is 0 Å². The number of carbonyl (C=O) groups excluding carboxylic acids is 1. The minimum Gasteiger partial charge on any atom is -0.374 e. The highest BCUT2D eigenvalue weighted by molar-refractivity contribution is 5.84. The SMILES string of the molecule is CCOC(C)(C)CN1C(=O)C(C(C)CC)NC1CC(C)C. The second-order valence-electron chi connectivity index (χ2n) is 7.33. The first kappa shape index (κ1) is 18.4. The van der Waals surface area contributed by atoms with Crippen LogP contribution in [0.2, 0.25) is 0 Å². The van der Waals surface area contributed by atoms with Crippen molar-refractivity contribution in [3.63, 3.8) is 0 Å². The molecule has 0 aliphatic carbocycles. The van der Waals surface area contributed by atoms with Crippen LogP contribution in [-0.2, 0) is 9.53 Å². The third kappa shape index (κ3) is 4.96. The van der Waals surface area contributed by atoms with Gasteiger partial charge in [-0.05, 0) is 39.0 Å². The molecule has 1 N–H and O–H groups in total. The van der Waals surface area contributed by atoms with Crippen LogP contribution in [0.3, 0.4) is 0 Å². The van der Waals surface area contributed by atoms with Gasteiger partial charge in [-0.3, -0.25) is 10.1 Å². The maximum atomic E-state index is 12.8. The second kappa shape index (κ2) is 7.59. The summed E-state index contributed by atoms with van der Waals surface area (Å²) < 4.78 is 5.79. The maximum Gasteiger partial charge on any atom is 0.241 e. The molecule has 0 saturated carbocycles. The molecule has 0 radical (unpaired) electrons. The third-order valence-corrected chi connectivity index (χ3v) is 4.29. The largest absolute Gasteiger partial charge is 0.374 e. The fourth-order valence-corrected chi connectivity index (χ4v) is 3.02. The summed E-state index contributed by atoms with van der Waals surface area (Å²) in [6.07, 6.45) is 2.14. The number of nitrogens with zero attached hydrogens (tertiary/aromatic N) is 1. The minimum atomic E-state index is -0.300. The summed E-state index contributed by atoms with van der Waals surface area (Å²) in [5.41, 5.74) is -0.300. The molecular formula is C17H34N2O2. The van der Waals surface area contributed by atoms with E-state index >= 15 is 0 Å². The van der Waals surface area contributed by atoms with E-state index in [0.717, 1.165) is 12.8 Å². The topological polar surface area (TPSA) is 41.6 Å². The van der Waals surface area contributed by atoms with Crippen molar-refractivity contribution in [2.75, 3.05) is 13.2 Å². The number of carbonyl (C=O) groups is 1. The van der Waals surface area contributed by atoms with Gasteiger partial charge in [0.25, 0.3) is 0 Å². The molecule has 1 amide bonds. The van der Waals surface area contributed by atoms with Gasteiger partial charge in [0.15, 0.2) is 0 Å². The average Bonchev–Trinajstić information content (AvgIpc) is 2.65. The van der Waals surface area contributed by atoms with Gasteiger partial charge in [0.1, 0.15) is 0 Å². The van der Waals surface area contributed by atoms with E-state index in [1.165, 1.54) is 0 Å². The van der Waals surface area contributed by atoms with Crippen molar-refractivity contribution in [2.24, 2.45) is 11.8 Å². The van der Waals surface area contributed by atoms with Gasteiger partial charge in [-0.2, -0.15) is 0 Å². The van der Waals surface area contributed by atoms with E-state index < -0.39 is 0 Å².